The first kappa shape index (κ1) is 15.2. The third-order valence-electron chi connectivity index (χ3n) is 2.82. The number of halogens is 1. The molecule has 4 nitrogen and oxygen atoms in total. The number of aromatic nitrogens is 2. The zero-order valence-electron chi connectivity index (χ0n) is 11.3. The second-order valence-corrected chi connectivity index (χ2v) is 5.20. The minimum atomic E-state index is -0.727. The molecule has 0 bridgehead atoms. The van der Waals surface area contributed by atoms with Crippen molar-refractivity contribution in [3.05, 3.63) is 17.0 Å². The van der Waals surface area contributed by atoms with E-state index in [0.29, 0.717) is 11.7 Å². The molecule has 5 heteroatoms. The summed E-state index contributed by atoms with van der Waals surface area (Å²) in [6.45, 7) is 6.43. The van der Waals surface area contributed by atoms with Crippen LogP contribution in [0.15, 0.2) is 6.33 Å². The van der Waals surface area contributed by atoms with E-state index in [1.807, 2.05) is 6.92 Å². The van der Waals surface area contributed by atoms with Crippen molar-refractivity contribution in [1.82, 2.24) is 9.97 Å². The fourth-order valence-electron chi connectivity index (χ4n) is 1.92. The van der Waals surface area contributed by atoms with Crippen LogP contribution in [-0.4, -0.2) is 27.2 Å². The van der Waals surface area contributed by atoms with E-state index in [-0.39, 0.29) is 0 Å². The van der Waals surface area contributed by atoms with Gasteiger partial charge in [0.15, 0.2) is 0 Å². The first-order chi connectivity index (χ1) is 8.50. The summed E-state index contributed by atoms with van der Waals surface area (Å²) >= 11 is 6.07. The van der Waals surface area contributed by atoms with Crippen LogP contribution >= 0.6 is 11.6 Å². The summed E-state index contributed by atoms with van der Waals surface area (Å²) in [7, 11) is 0. The van der Waals surface area contributed by atoms with Crippen LogP contribution in [0, 0.1) is 0 Å². The van der Waals surface area contributed by atoms with Crippen LogP contribution in [0.25, 0.3) is 0 Å². The van der Waals surface area contributed by atoms with Crippen molar-refractivity contribution >= 4 is 17.4 Å². The molecule has 2 N–H and O–H groups in total. The topological polar surface area (TPSA) is 58.0 Å². The first-order valence-corrected chi connectivity index (χ1v) is 6.83. The summed E-state index contributed by atoms with van der Waals surface area (Å²) in [6.07, 6.45) is 4.95. The number of nitrogens with one attached hydrogen (secondary N) is 1. The van der Waals surface area contributed by atoms with Crippen molar-refractivity contribution in [2.24, 2.45) is 0 Å². The Balaban J connectivity index is 2.75. The lowest BCUT2D eigenvalue weighted by Crippen LogP contribution is -2.33. The maximum absolute atomic E-state index is 10.1. The van der Waals surface area contributed by atoms with Crippen LogP contribution in [0.3, 0.4) is 0 Å². The summed E-state index contributed by atoms with van der Waals surface area (Å²) in [5, 5.41) is 13.8. The highest BCUT2D eigenvalue weighted by atomic mass is 35.5. The third kappa shape index (κ3) is 4.42. The molecule has 1 unspecified atom stereocenters. The predicted octanol–water partition coefficient (Wildman–Crippen LogP) is 3.05. The highest BCUT2D eigenvalue weighted by Crippen LogP contribution is 2.22. The van der Waals surface area contributed by atoms with Crippen LogP contribution in [0.4, 0.5) is 5.82 Å². The molecular weight excluding hydrogens is 250 g/mol. The molecule has 1 rings (SSSR count). The molecule has 1 aromatic heterocycles. The van der Waals surface area contributed by atoms with E-state index < -0.39 is 5.60 Å². The fraction of sp³-hybridized carbons (Fsp3) is 0.692. The lowest BCUT2D eigenvalue weighted by molar-refractivity contribution is 0.0636. The molecule has 0 aliphatic heterocycles. The number of anilines is 1. The average Bonchev–Trinajstić information content (AvgIpc) is 2.30. The molecule has 1 heterocycles. The van der Waals surface area contributed by atoms with Gasteiger partial charge in [0, 0.05) is 12.1 Å². The largest absolute Gasteiger partial charge is 0.388 e. The Morgan fingerprint density at radius 2 is 2.06 bits per heavy atom. The SMILES string of the molecule is CCCc1c(Cl)ncnc1NCC(C)(O)CCC. The molecule has 0 saturated carbocycles. The van der Waals surface area contributed by atoms with E-state index in [1.165, 1.54) is 6.33 Å². The maximum Gasteiger partial charge on any atom is 0.137 e. The first-order valence-electron chi connectivity index (χ1n) is 6.45. The van der Waals surface area contributed by atoms with Crippen molar-refractivity contribution in [3.8, 4) is 0 Å². The average molecular weight is 272 g/mol. The van der Waals surface area contributed by atoms with Crippen LogP contribution in [0.1, 0.15) is 45.6 Å². The second kappa shape index (κ2) is 6.90. The minimum absolute atomic E-state index is 0.463. The van der Waals surface area contributed by atoms with E-state index in [1.54, 1.807) is 0 Å². The number of hydrogen-bond donors (Lipinski definition) is 2. The zero-order chi connectivity index (χ0) is 13.6. The van der Waals surface area contributed by atoms with Gasteiger partial charge >= 0.3 is 0 Å². The highest BCUT2D eigenvalue weighted by molar-refractivity contribution is 6.30. The molecule has 18 heavy (non-hydrogen) atoms. The standard InChI is InChI=1S/C13H22ClN3O/c1-4-6-10-11(14)16-9-17-12(10)15-8-13(3,18)7-5-2/h9,18H,4-8H2,1-3H3,(H,15,16,17). The molecule has 0 radical (unpaired) electrons. The van der Waals surface area contributed by atoms with E-state index in [2.05, 4.69) is 29.1 Å². The summed E-state index contributed by atoms with van der Waals surface area (Å²) in [6, 6.07) is 0. The van der Waals surface area contributed by atoms with Crippen molar-refractivity contribution in [1.29, 1.82) is 0 Å². The van der Waals surface area contributed by atoms with Gasteiger partial charge in [-0.3, -0.25) is 0 Å². The van der Waals surface area contributed by atoms with Crippen LogP contribution < -0.4 is 5.32 Å². The summed E-state index contributed by atoms with van der Waals surface area (Å²) in [5.41, 5.74) is 0.198. The van der Waals surface area contributed by atoms with E-state index >= 15 is 0 Å². The normalized spacial score (nSPS) is 14.3. The van der Waals surface area contributed by atoms with Crippen LogP contribution in [0.2, 0.25) is 5.15 Å². The Bertz CT molecular complexity index is 382. The molecule has 0 spiro atoms. The van der Waals surface area contributed by atoms with Crippen molar-refractivity contribution < 1.29 is 5.11 Å². The molecule has 0 aliphatic rings. The summed E-state index contributed by atoms with van der Waals surface area (Å²) in [4.78, 5) is 8.19. The molecule has 1 aromatic rings. The van der Waals surface area contributed by atoms with Gasteiger partial charge in [0.1, 0.15) is 17.3 Å². The summed E-state index contributed by atoms with van der Waals surface area (Å²) in [5.74, 6) is 0.730. The Labute approximate surface area is 114 Å². The molecule has 1 atom stereocenters. The van der Waals surface area contributed by atoms with Gasteiger partial charge in [0.25, 0.3) is 0 Å². The van der Waals surface area contributed by atoms with Crippen molar-refractivity contribution in [2.75, 3.05) is 11.9 Å². The van der Waals surface area contributed by atoms with E-state index in [0.717, 1.165) is 37.1 Å². The molecule has 0 amide bonds. The Kier molecular flexibility index (Phi) is 5.82. The van der Waals surface area contributed by atoms with Gasteiger partial charge in [-0.2, -0.15) is 0 Å². The van der Waals surface area contributed by atoms with Crippen molar-refractivity contribution in [2.45, 2.75) is 52.1 Å². The lowest BCUT2D eigenvalue weighted by atomic mass is 10.0. The van der Waals surface area contributed by atoms with Gasteiger partial charge < -0.3 is 10.4 Å². The monoisotopic (exact) mass is 271 g/mol. The van der Waals surface area contributed by atoms with Gasteiger partial charge in [-0.15, -0.1) is 0 Å². The molecule has 0 saturated heterocycles. The van der Waals surface area contributed by atoms with E-state index in [4.69, 9.17) is 11.6 Å². The number of nitrogens with zero attached hydrogens (tertiary/aromatic N) is 2. The van der Waals surface area contributed by atoms with E-state index in [9.17, 15) is 5.11 Å². The quantitative estimate of drug-likeness (QED) is 0.749. The number of rotatable bonds is 7. The van der Waals surface area contributed by atoms with Gasteiger partial charge in [-0.1, -0.05) is 38.3 Å². The maximum atomic E-state index is 10.1. The Morgan fingerprint density at radius 3 is 2.67 bits per heavy atom. The molecular formula is C13H22ClN3O. The lowest BCUT2D eigenvalue weighted by Gasteiger charge is -2.24. The minimum Gasteiger partial charge on any atom is -0.388 e. The van der Waals surface area contributed by atoms with Gasteiger partial charge in [-0.05, 0) is 19.8 Å². The Morgan fingerprint density at radius 1 is 1.33 bits per heavy atom. The Hall–Kier alpha value is -0.870. The van der Waals surface area contributed by atoms with Gasteiger partial charge in [-0.25, -0.2) is 9.97 Å². The fourth-order valence-corrected chi connectivity index (χ4v) is 2.14. The number of hydrogen-bond acceptors (Lipinski definition) is 4. The smallest absolute Gasteiger partial charge is 0.137 e. The summed E-state index contributed by atoms with van der Waals surface area (Å²) < 4.78 is 0. The highest BCUT2D eigenvalue weighted by Gasteiger charge is 2.20. The van der Waals surface area contributed by atoms with Crippen LogP contribution in [0.5, 0.6) is 0 Å². The predicted molar refractivity (Wildman–Crippen MR) is 75.1 cm³/mol. The van der Waals surface area contributed by atoms with Crippen LogP contribution in [-0.2, 0) is 6.42 Å². The third-order valence-corrected chi connectivity index (χ3v) is 3.14. The molecule has 0 aromatic carbocycles. The zero-order valence-corrected chi connectivity index (χ0v) is 12.1. The molecule has 102 valence electrons. The molecule has 0 aliphatic carbocycles. The molecule has 0 fully saturated rings. The van der Waals surface area contributed by atoms with Crippen molar-refractivity contribution in [3.63, 3.8) is 0 Å². The number of aliphatic hydroxyl groups is 1. The second-order valence-electron chi connectivity index (χ2n) is 4.84. The van der Waals surface area contributed by atoms with Gasteiger partial charge in [0.2, 0.25) is 0 Å². The van der Waals surface area contributed by atoms with Gasteiger partial charge in [0.05, 0.1) is 5.60 Å².